The lowest BCUT2D eigenvalue weighted by Crippen LogP contribution is -1.89. The molecule has 0 unspecified atom stereocenters. The van der Waals surface area contributed by atoms with Gasteiger partial charge in [0, 0.05) is 16.7 Å². The van der Waals surface area contributed by atoms with Crippen molar-refractivity contribution < 1.29 is 4.74 Å². The molecule has 0 saturated carbocycles. The van der Waals surface area contributed by atoms with Gasteiger partial charge in [-0.2, -0.15) is 5.26 Å². The number of ether oxygens (including phenoxy) is 1. The molecule has 0 atom stereocenters. The summed E-state index contributed by atoms with van der Waals surface area (Å²) in [7, 11) is 0. The maximum Gasteiger partial charge on any atom is 0.220 e. The maximum absolute atomic E-state index is 8.77. The lowest BCUT2D eigenvalue weighted by molar-refractivity contribution is 0.460. The molecule has 1 heterocycles. The Bertz CT molecular complexity index is 593. The van der Waals surface area contributed by atoms with Crippen molar-refractivity contribution in [1.82, 2.24) is 4.98 Å². The van der Waals surface area contributed by atoms with E-state index >= 15 is 0 Å². The van der Waals surface area contributed by atoms with Gasteiger partial charge in [-0.15, -0.1) is 0 Å². The quantitative estimate of drug-likeness (QED) is 0.809. The second-order valence-electron chi connectivity index (χ2n) is 3.17. The molecule has 17 heavy (non-hydrogen) atoms. The fourth-order valence-electron chi connectivity index (χ4n) is 1.21. The zero-order chi connectivity index (χ0) is 12.3. The summed E-state index contributed by atoms with van der Waals surface area (Å²) in [6.45, 7) is 0. The molecule has 0 aliphatic heterocycles. The highest BCUT2D eigenvalue weighted by Gasteiger charge is 2.04. The van der Waals surface area contributed by atoms with Gasteiger partial charge in [0.2, 0.25) is 5.88 Å². The van der Waals surface area contributed by atoms with Crippen molar-refractivity contribution in [2.75, 3.05) is 0 Å². The Morgan fingerprint density at radius 2 is 2.00 bits per heavy atom. The normalized spacial score (nSPS) is 9.71. The smallest absolute Gasteiger partial charge is 0.220 e. The highest BCUT2D eigenvalue weighted by atomic mass is 79.9. The topological polar surface area (TPSA) is 45.9 Å². The third-order valence-corrected chi connectivity index (χ3v) is 3.09. The molecule has 0 fully saturated rings. The number of benzene rings is 1. The third-order valence-electron chi connectivity index (χ3n) is 1.97. The number of nitrogens with zero attached hydrogens (tertiary/aromatic N) is 2. The first-order valence-electron chi connectivity index (χ1n) is 4.68. The van der Waals surface area contributed by atoms with Gasteiger partial charge in [-0.1, -0.05) is 15.9 Å². The van der Waals surface area contributed by atoms with Crippen molar-refractivity contribution in [3.05, 3.63) is 51.0 Å². The first-order chi connectivity index (χ1) is 8.19. The van der Waals surface area contributed by atoms with Crippen LogP contribution in [0.1, 0.15) is 5.56 Å². The third kappa shape index (κ3) is 3.05. The van der Waals surface area contributed by atoms with E-state index in [0.29, 0.717) is 17.2 Å². The number of hydrogen-bond donors (Lipinski definition) is 0. The van der Waals surface area contributed by atoms with Gasteiger partial charge in [-0.05, 0) is 40.2 Å². The van der Waals surface area contributed by atoms with E-state index in [1.54, 1.807) is 18.3 Å². The van der Waals surface area contributed by atoms with Gasteiger partial charge in [0.05, 0.1) is 16.1 Å². The van der Waals surface area contributed by atoms with Crippen molar-refractivity contribution in [1.29, 1.82) is 5.26 Å². The van der Waals surface area contributed by atoms with Crippen molar-refractivity contribution in [2.24, 2.45) is 0 Å². The Kier molecular flexibility index (Phi) is 3.77. The molecule has 2 rings (SSSR count). The van der Waals surface area contributed by atoms with E-state index in [0.717, 1.165) is 8.95 Å². The van der Waals surface area contributed by atoms with Crippen LogP contribution in [0, 0.1) is 11.3 Å². The van der Waals surface area contributed by atoms with E-state index in [1.807, 2.05) is 24.3 Å². The Morgan fingerprint density at radius 1 is 1.18 bits per heavy atom. The SMILES string of the molecule is N#Cc1ccnc(Oc2ccc(Br)cc2Br)c1. The van der Waals surface area contributed by atoms with Crippen LogP contribution in [-0.2, 0) is 0 Å². The van der Waals surface area contributed by atoms with Crippen LogP contribution in [0.4, 0.5) is 0 Å². The van der Waals surface area contributed by atoms with E-state index in [2.05, 4.69) is 36.8 Å². The molecule has 0 spiro atoms. The standard InChI is InChI=1S/C12H6Br2N2O/c13-9-1-2-11(10(14)6-9)17-12-5-8(7-15)3-4-16-12/h1-6H. The molecule has 0 aliphatic rings. The van der Waals surface area contributed by atoms with Crippen molar-refractivity contribution >= 4 is 31.9 Å². The summed E-state index contributed by atoms with van der Waals surface area (Å²) < 4.78 is 7.35. The average Bonchev–Trinajstić information content (AvgIpc) is 2.33. The van der Waals surface area contributed by atoms with Crippen LogP contribution in [0.15, 0.2) is 45.5 Å². The number of pyridine rings is 1. The second-order valence-corrected chi connectivity index (χ2v) is 4.94. The Hall–Kier alpha value is -1.38. The highest BCUT2D eigenvalue weighted by Crippen LogP contribution is 2.31. The summed E-state index contributed by atoms with van der Waals surface area (Å²) in [6.07, 6.45) is 1.54. The molecule has 0 aliphatic carbocycles. The van der Waals surface area contributed by atoms with Gasteiger partial charge in [0.25, 0.3) is 0 Å². The van der Waals surface area contributed by atoms with Gasteiger partial charge in [0.1, 0.15) is 5.75 Å². The molecule has 5 heteroatoms. The molecule has 0 saturated heterocycles. The zero-order valence-electron chi connectivity index (χ0n) is 8.52. The maximum atomic E-state index is 8.77. The van der Waals surface area contributed by atoms with E-state index < -0.39 is 0 Å². The fourth-order valence-corrected chi connectivity index (χ4v) is 2.33. The molecule has 1 aromatic heterocycles. The number of hydrogen-bond acceptors (Lipinski definition) is 3. The average molecular weight is 354 g/mol. The molecule has 0 N–H and O–H groups in total. The first-order valence-corrected chi connectivity index (χ1v) is 6.27. The molecule has 0 radical (unpaired) electrons. The van der Waals surface area contributed by atoms with Crippen LogP contribution in [0.3, 0.4) is 0 Å². The van der Waals surface area contributed by atoms with Gasteiger partial charge < -0.3 is 4.74 Å². The van der Waals surface area contributed by atoms with Crippen LogP contribution in [0.25, 0.3) is 0 Å². The second kappa shape index (κ2) is 5.30. The summed E-state index contributed by atoms with van der Waals surface area (Å²) in [6, 6.07) is 10.8. The minimum absolute atomic E-state index is 0.395. The summed E-state index contributed by atoms with van der Waals surface area (Å²) in [5.74, 6) is 1.04. The van der Waals surface area contributed by atoms with Gasteiger partial charge >= 0.3 is 0 Å². The van der Waals surface area contributed by atoms with Crippen LogP contribution in [-0.4, -0.2) is 4.98 Å². The predicted octanol–water partition coefficient (Wildman–Crippen LogP) is 4.27. The van der Waals surface area contributed by atoms with Gasteiger partial charge in [-0.3, -0.25) is 0 Å². The fraction of sp³-hybridized carbons (Fsp3) is 0. The van der Waals surface area contributed by atoms with E-state index in [9.17, 15) is 0 Å². The van der Waals surface area contributed by atoms with Crippen molar-refractivity contribution in [3.63, 3.8) is 0 Å². The molecule has 84 valence electrons. The minimum Gasteiger partial charge on any atom is -0.438 e. The van der Waals surface area contributed by atoms with E-state index in [1.165, 1.54) is 0 Å². The molecule has 0 bridgehead atoms. The molecular weight excluding hydrogens is 348 g/mol. The van der Waals surface area contributed by atoms with Crippen molar-refractivity contribution in [3.8, 4) is 17.7 Å². The van der Waals surface area contributed by atoms with Crippen molar-refractivity contribution in [2.45, 2.75) is 0 Å². The Labute approximate surface area is 115 Å². The van der Waals surface area contributed by atoms with Gasteiger partial charge in [0.15, 0.2) is 0 Å². The molecule has 2 aromatic rings. The Morgan fingerprint density at radius 3 is 2.71 bits per heavy atom. The molecule has 1 aromatic carbocycles. The van der Waals surface area contributed by atoms with E-state index in [4.69, 9.17) is 10.00 Å². The summed E-state index contributed by atoms with van der Waals surface area (Å²) in [4.78, 5) is 4.04. The Balaban J connectivity index is 2.28. The monoisotopic (exact) mass is 352 g/mol. The highest BCUT2D eigenvalue weighted by molar-refractivity contribution is 9.11. The number of rotatable bonds is 2. The van der Waals surface area contributed by atoms with Crippen LogP contribution >= 0.6 is 31.9 Å². The summed E-state index contributed by atoms with van der Waals surface area (Å²) in [5, 5.41) is 8.77. The van der Waals surface area contributed by atoms with E-state index in [-0.39, 0.29) is 0 Å². The first kappa shape index (κ1) is 12.1. The number of halogens is 2. The lowest BCUT2D eigenvalue weighted by Gasteiger charge is -2.06. The number of nitriles is 1. The summed E-state index contributed by atoms with van der Waals surface area (Å²) >= 11 is 6.75. The minimum atomic E-state index is 0.395. The predicted molar refractivity (Wildman–Crippen MR) is 70.9 cm³/mol. The molecular formula is C12H6Br2N2O. The van der Waals surface area contributed by atoms with Crippen LogP contribution < -0.4 is 4.74 Å². The zero-order valence-corrected chi connectivity index (χ0v) is 11.7. The summed E-state index contributed by atoms with van der Waals surface area (Å²) in [5.41, 5.74) is 0.517. The van der Waals surface area contributed by atoms with Crippen LogP contribution in [0.5, 0.6) is 11.6 Å². The lowest BCUT2D eigenvalue weighted by atomic mass is 10.3. The number of aromatic nitrogens is 1. The molecule has 3 nitrogen and oxygen atoms in total. The largest absolute Gasteiger partial charge is 0.438 e. The van der Waals surface area contributed by atoms with Gasteiger partial charge in [-0.25, -0.2) is 4.98 Å². The molecule has 0 amide bonds. The van der Waals surface area contributed by atoms with Crippen LogP contribution in [0.2, 0.25) is 0 Å².